The van der Waals surface area contributed by atoms with E-state index < -0.39 is 17.3 Å². The molecule has 28 heavy (non-hydrogen) atoms. The summed E-state index contributed by atoms with van der Waals surface area (Å²) >= 11 is 0. The van der Waals surface area contributed by atoms with Gasteiger partial charge in [0, 0.05) is 26.6 Å². The van der Waals surface area contributed by atoms with Gasteiger partial charge in [0.2, 0.25) is 5.91 Å². The number of hydrogen-bond donors (Lipinski definition) is 1. The molecule has 154 valence electrons. The van der Waals surface area contributed by atoms with Crippen molar-refractivity contribution >= 4 is 11.8 Å². The van der Waals surface area contributed by atoms with E-state index in [0.29, 0.717) is 45.3 Å². The van der Waals surface area contributed by atoms with Crippen LogP contribution in [0.1, 0.15) is 49.7 Å². The van der Waals surface area contributed by atoms with Crippen molar-refractivity contribution in [3.05, 3.63) is 35.4 Å². The molecule has 1 aromatic carbocycles. The van der Waals surface area contributed by atoms with Crippen LogP contribution in [0.3, 0.4) is 0 Å². The maximum Gasteiger partial charge on any atom is 0.416 e. The summed E-state index contributed by atoms with van der Waals surface area (Å²) in [7, 11) is 0. The van der Waals surface area contributed by atoms with Crippen LogP contribution in [0.5, 0.6) is 0 Å². The summed E-state index contributed by atoms with van der Waals surface area (Å²) < 4.78 is 38.1. The smallest absolute Gasteiger partial charge is 0.378 e. The monoisotopic (exact) mass is 398 g/mol. The van der Waals surface area contributed by atoms with Gasteiger partial charge in [-0.15, -0.1) is 0 Å². The number of rotatable bonds is 2. The van der Waals surface area contributed by atoms with Crippen molar-refractivity contribution in [3.8, 4) is 0 Å². The van der Waals surface area contributed by atoms with Crippen LogP contribution in [0, 0.1) is 0 Å². The number of halogens is 3. The molecule has 0 radical (unpaired) electrons. The lowest BCUT2D eigenvalue weighted by molar-refractivity contribution is -0.161. The number of piperidine rings is 2. The number of β-amino-alcohol motifs (C(OH)–C–C–N with tert-alkyl or cyclic N) is 1. The zero-order valence-electron chi connectivity index (χ0n) is 15.8. The Bertz CT molecular complexity index is 727. The SMILES string of the molecule is CC(=O)N1CCCC(O)(C(=O)N2CCC(c3ccc(C(F)(F)F)cc3)CC2)C1. The number of hydrogen-bond acceptors (Lipinski definition) is 3. The lowest BCUT2D eigenvalue weighted by Crippen LogP contribution is -2.59. The van der Waals surface area contributed by atoms with Gasteiger partial charge in [0.05, 0.1) is 12.1 Å². The maximum absolute atomic E-state index is 12.9. The van der Waals surface area contributed by atoms with E-state index in [0.717, 1.165) is 17.7 Å². The molecule has 5 nitrogen and oxygen atoms in total. The summed E-state index contributed by atoms with van der Waals surface area (Å²) in [6.45, 7) is 2.85. The third-order valence-corrected chi connectivity index (χ3v) is 5.81. The van der Waals surface area contributed by atoms with Crippen LogP contribution in [0.25, 0.3) is 0 Å². The van der Waals surface area contributed by atoms with Gasteiger partial charge in [-0.2, -0.15) is 13.2 Å². The second kappa shape index (κ2) is 7.73. The van der Waals surface area contributed by atoms with Gasteiger partial charge in [0.25, 0.3) is 5.91 Å². The molecule has 0 saturated carbocycles. The standard InChI is InChI=1S/C20H25F3N2O3/c1-14(26)25-10-2-9-19(28,13-25)18(27)24-11-7-16(8-12-24)15-3-5-17(6-4-15)20(21,22)23/h3-6,16,28H,2,7-13H2,1H3. The van der Waals surface area contributed by atoms with Crippen LogP contribution in [-0.4, -0.2) is 58.5 Å². The first-order valence-electron chi connectivity index (χ1n) is 9.54. The van der Waals surface area contributed by atoms with Gasteiger partial charge in [-0.3, -0.25) is 9.59 Å². The number of carbonyl (C=O) groups is 2. The summed E-state index contributed by atoms with van der Waals surface area (Å²) in [6, 6.07) is 5.19. The molecule has 1 unspecified atom stereocenters. The number of likely N-dealkylation sites (tertiary alicyclic amines) is 2. The first-order valence-corrected chi connectivity index (χ1v) is 9.54. The molecular formula is C20H25F3N2O3. The molecule has 2 saturated heterocycles. The lowest BCUT2D eigenvalue weighted by Gasteiger charge is -2.42. The summed E-state index contributed by atoms with van der Waals surface area (Å²) in [5, 5.41) is 10.8. The van der Waals surface area contributed by atoms with Gasteiger partial charge in [0.15, 0.2) is 5.60 Å². The molecule has 0 aromatic heterocycles. The van der Waals surface area contributed by atoms with Crippen molar-refractivity contribution < 1.29 is 27.9 Å². The number of alkyl halides is 3. The van der Waals surface area contributed by atoms with Crippen molar-refractivity contribution in [2.45, 2.75) is 50.3 Å². The topological polar surface area (TPSA) is 60.9 Å². The van der Waals surface area contributed by atoms with E-state index in [-0.39, 0.29) is 24.3 Å². The fourth-order valence-corrected chi connectivity index (χ4v) is 4.13. The fraction of sp³-hybridized carbons (Fsp3) is 0.600. The quantitative estimate of drug-likeness (QED) is 0.834. The Morgan fingerprint density at radius 1 is 1.07 bits per heavy atom. The van der Waals surface area contributed by atoms with E-state index in [1.165, 1.54) is 24.0 Å². The summed E-state index contributed by atoms with van der Waals surface area (Å²) in [6.07, 6.45) is -2.19. The van der Waals surface area contributed by atoms with Gasteiger partial charge in [-0.25, -0.2) is 0 Å². The number of nitrogens with zero attached hydrogens (tertiary/aromatic N) is 2. The Balaban J connectivity index is 1.60. The second-order valence-electron chi connectivity index (χ2n) is 7.76. The van der Waals surface area contributed by atoms with Gasteiger partial charge < -0.3 is 14.9 Å². The van der Waals surface area contributed by atoms with Crippen LogP contribution in [-0.2, 0) is 15.8 Å². The highest BCUT2D eigenvalue weighted by atomic mass is 19.4. The van der Waals surface area contributed by atoms with E-state index >= 15 is 0 Å². The molecule has 3 rings (SSSR count). The van der Waals surface area contributed by atoms with Crippen LogP contribution < -0.4 is 0 Å². The highest BCUT2D eigenvalue weighted by Gasteiger charge is 2.44. The molecule has 0 bridgehead atoms. The van der Waals surface area contributed by atoms with Crippen molar-refractivity contribution in [2.24, 2.45) is 0 Å². The zero-order chi connectivity index (χ0) is 20.5. The molecule has 2 aliphatic heterocycles. The average molecular weight is 398 g/mol. The maximum atomic E-state index is 12.9. The van der Waals surface area contributed by atoms with Crippen LogP contribution in [0.4, 0.5) is 13.2 Å². The van der Waals surface area contributed by atoms with Crippen molar-refractivity contribution in [1.29, 1.82) is 0 Å². The molecule has 0 spiro atoms. The average Bonchev–Trinajstić information content (AvgIpc) is 2.67. The van der Waals surface area contributed by atoms with Crippen LogP contribution >= 0.6 is 0 Å². The molecule has 2 fully saturated rings. The normalized spacial score (nSPS) is 24.3. The van der Waals surface area contributed by atoms with E-state index in [4.69, 9.17) is 0 Å². The minimum Gasteiger partial charge on any atom is -0.378 e. The molecule has 8 heteroatoms. The predicted molar refractivity (Wildman–Crippen MR) is 96.4 cm³/mol. The van der Waals surface area contributed by atoms with E-state index in [1.807, 2.05) is 0 Å². The molecule has 2 heterocycles. The zero-order valence-corrected chi connectivity index (χ0v) is 15.8. The van der Waals surface area contributed by atoms with E-state index in [2.05, 4.69) is 0 Å². The number of amides is 2. The van der Waals surface area contributed by atoms with E-state index in [9.17, 15) is 27.9 Å². The van der Waals surface area contributed by atoms with Crippen molar-refractivity contribution in [1.82, 2.24) is 9.80 Å². The van der Waals surface area contributed by atoms with Gasteiger partial charge in [0.1, 0.15) is 0 Å². The molecule has 2 aliphatic rings. The number of aliphatic hydroxyl groups is 1. The second-order valence-corrected chi connectivity index (χ2v) is 7.76. The first kappa shape index (κ1) is 20.6. The van der Waals surface area contributed by atoms with Crippen LogP contribution in [0.2, 0.25) is 0 Å². The Morgan fingerprint density at radius 3 is 2.21 bits per heavy atom. The van der Waals surface area contributed by atoms with Crippen molar-refractivity contribution in [3.63, 3.8) is 0 Å². The van der Waals surface area contributed by atoms with Gasteiger partial charge in [-0.1, -0.05) is 12.1 Å². The Kier molecular flexibility index (Phi) is 5.70. The van der Waals surface area contributed by atoms with E-state index in [1.54, 1.807) is 4.90 Å². The number of carbonyl (C=O) groups excluding carboxylic acids is 2. The van der Waals surface area contributed by atoms with Gasteiger partial charge in [-0.05, 0) is 49.3 Å². The van der Waals surface area contributed by atoms with Crippen molar-refractivity contribution in [2.75, 3.05) is 26.2 Å². The fourth-order valence-electron chi connectivity index (χ4n) is 4.13. The molecular weight excluding hydrogens is 373 g/mol. The molecule has 0 aliphatic carbocycles. The molecule has 2 amide bonds. The number of benzene rings is 1. The Hall–Kier alpha value is -2.09. The summed E-state index contributed by atoms with van der Waals surface area (Å²) in [4.78, 5) is 27.6. The summed E-state index contributed by atoms with van der Waals surface area (Å²) in [5.41, 5.74) is -1.39. The molecule has 1 N–H and O–H groups in total. The van der Waals surface area contributed by atoms with Crippen LogP contribution in [0.15, 0.2) is 24.3 Å². The molecule has 1 aromatic rings. The largest absolute Gasteiger partial charge is 0.416 e. The predicted octanol–water partition coefficient (Wildman–Crippen LogP) is 2.78. The summed E-state index contributed by atoms with van der Waals surface area (Å²) in [5.74, 6) is -0.433. The highest BCUT2D eigenvalue weighted by molar-refractivity contribution is 5.86. The minimum atomic E-state index is -4.35. The lowest BCUT2D eigenvalue weighted by atomic mass is 9.86. The minimum absolute atomic E-state index is 0.0139. The third-order valence-electron chi connectivity index (χ3n) is 5.81. The highest BCUT2D eigenvalue weighted by Crippen LogP contribution is 2.34. The Labute approximate surface area is 162 Å². The van der Waals surface area contributed by atoms with Gasteiger partial charge >= 0.3 is 6.18 Å². The molecule has 1 atom stereocenters. The third kappa shape index (κ3) is 4.32. The Morgan fingerprint density at radius 2 is 1.68 bits per heavy atom. The first-order chi connectivity index (χ1) is 13.1.